The summed E-state index contributed by atoms with van der Waals surface area (Å²) in [6.45, 7) is 0. The predicted octanol–water partition coefficient (Wildman–Crippen LogP) is -0.283. The molecule has 0 N–H and O–H groups in total. The Morgan fingerprint density at radius 3 is 0.00885 bits per heavy atom. The molecule has 113 heavy (non-hydrogen) atoms. The molecular formula is Pd113. The maximum Gasteiger partial charge on any atom is 0 e. The van der Waals surface area contributed by atoms with E-state index in [4.69, 9.17) is 0 Å². The average Bonchev–Trinajstić information content (AvgIpc) is 0. The van der Waals surface area contributed by atoms with Gasteiger partial charge in [0.1, 0.15) is 0 Å². The summed E-state index contributed by atoms with van der Waals surface area (Å²) in [7, 11) is 0. The topological polar surface area (TPSA) is 0 Å². The van der Waals surface area contributed by atoms with Crippen molar-refractivity contribution < 1.29 is 2310 Å². The SMILES string of the molecule is [Pd].[Pd].[Pd].[Pd].[Pd].[Pd].[Pd].[Pd].[Pd].[Pd].[Pd].[Pd].[Pd].[Pd].[Pd].[Pd].[Pd].[Pd].[Pd].[Pd].[Pd].[Pd].[Pd].[Pd].[Pd].[Pd].[Pd].[Pd].[Pd].[Pd].[Pd].[Pd].[Pd].[Pd].[Pd].[Pd].[Pd].[Pd].[Pd].[Pd].[Pd].[Pd].[Pd].[Pd].[Pd].[Pd].[Pd].[Pd].[Pd].[Pd].[Pd].[Pd].[Pd].[Pd].[Pd].[Pd].[Pd].[Pd].[Pd].[Pd].[Pd].[Pd].[Pd].[Pd].[Pd].[Pd].[Pd].[Pd].[Pd].[Pd].[Pd].[Pd].[Pd].[Pd].[Pd].[Pd].[Pd].[Pd].[Pd].[Pd].[Pd].[Pd].[Pd].[Pd].[Pd].[Pd].[Pd].[Pd].[Pd].[Pd].[Pd].[Pd].[Pd].[Pd].[Pd].[Pd].[Pd].[Pd].[Pd].[Pd].[Pd].[Pd].[Pd].[Pd].[Pd].[Pd].[Pd].[Pd].[Pd].[Pd].[Pd].[Pd].[Pd]. The molecule has 0 nitrogen and oxygen atoms in total. The molecule has 0 aromatic carbocycles. The molecule has 0 saturated carbocycles. The van der Waals surface area contributed by atoms with Crippen molar-refractivity contribution in [3.8, 4) is 0 Å². The fraction of sp³-hybridized carbons (Fsp3) is 0. The molecule has 0 bridgehead atoms. The van der Waals surface area contributed by atoms with E-state index >= 15 is 0 Å². The van der Waals surface area contributed by atoms with Gasteiger partial charge in [0.25, 0.3) is 0 Å². The molecule has 0 aliphatic rings. The van der Waals surface area contributed by atoms with Gasteiger partial charge >= 0.3 is 0 Å². The monoisotopic (exact) mass is 12000 g/mol. The third kappa shape index (κ3) is 1140. The molecule has 0 radical (unpaired) electrons. The first-order chi connectivity index (χ1) is 0. The average molecular weight is 12000 g/mol. The van der Waals surface area contributed by atoms with E-state index in [1.54, 1.807) is 0 Å². The van der Waals surface area contributed by atoms with Crippen LogP contribution in [-0.2, 0) is 2310 Å². The zero-order valence-corrected chi connectivity index (χ0v) is 211. The quantitative estimate of drug-likeness (QED) is 0.294. The second-order valence-electron chi connectivity index (χ2n) is 0. The molecule has 0 atom stereocenters. The molecule has 1130 valence electrons. The molecule has 0 spiro atoms. The summed E-state index contributed by atoms with van der Waals surface area (Å²) in [5.74, 6) is 0. The second kappa shape index (κ2) is 1150. The Kier molecular flexibility index (Phi) is 11900. The van der Waals surface area contributed by atoms with Crippen LogP contribution in [0.15, 0.2) is 0 Å². The Morgan fingerprint density at radius 1 is 0.00885 bits per heavy atom. The summed E-state index contributed by atoms with van der Waals surface area (Å²) in [5.41, 5.74) is 0. The molecule has 0 rings (SSSR count). The number of hydrogen-bond acceptors (Lipinski definition) is 0. The Labute approximate surface area is 2240 Å². The van der Waals surface area contributed by atoms with E-state index in [0.29, 0.717) is 0 Å². The van der Waals surface area contributed by atoms with Crippen molar-refractivity contribution in [3.63, 3.8) is 0 Å². The van der Waals surface area contributed by atoms with Crippen LogP contribution in [0.3, 0.4) is 0 Å². The van der Waals surface area contributed by atoms with Crippen LogP contribution >= 0.6 is 0 Å². The van der Waals surface area contributed by atoms with Gasteiger partial charge in [0.05, 0.1) is 0 Å². The van der Waals surface area contributed by atoms with Gasteiger partial charge in [-0.3, -0.25) is 0 Å². The minimum Gasteiger partial charge on any atom is 0 e. The van der Waals surface area contributed by atoms with Gasteiger partial charge in [-0.2, -0.15) is 0 Å². The van der Waals surface area contributed by atoms with E-state index in [1.165, 1.54) is 0 Å². The molecule has 0 saturated heterocycles. The largest absolute Gasteiger partial charge is 0 e. The van der Waals surface area contributed by atoms with Crippen molar-refractivity contribution in [3.05, 3.63) is 0 Å². The Hall–Kier alpha value is 74.8. The van der Waals surface area contributed by atoms with Crippen molar-refractivity contribution in [1.29, 1.82) is 0 Å². The Balaban J connectivity index is 0. The maximum absolute atomic E-state index is 0. The first kappa shape index (κ1) is 1170. The molecule has 0 amide bonds. The maximum atomic E-state index is 0. The van der Waals surface area contributed by atoms with Crippen molar-refractivity contribution in [2.75, 3.05) is 0 Å². The van der Waals surface area contributed by atoms with E-state index in [1.807, 2.05) is 0 Å². The standard InChI is InChI=1S/113Pd. The van der Waals surface area contributed by atoms with Crippen LogP contribution in [0.25, 0.3) is 0 Å². The van der Waals surface area contributed by atoms with Crippen LogP contribution in [0.1, 0.15) is 0 Å². The molecule has 0 heterocycles. The Bertz CT molecular complexity index is 0. The van der Waals surface area contributed by atoms with E-state index in [9.17, 15) is 0 Å². The van der Waals surface area contributed by atoms with Crippen LogP contribution in [-0.4, -0.2) is 0 Å². The van der Waals surface area contributed by atoms with Crippen LogP contribution in [0.2, 0.25) is 0 Å². The normalized spacial score (nSPS) is 0. The van der Waals surface area contributed by atoms with Gasteiger partial charge in [0.15, 0.2) is 0 Å². The summed E-state index contributed by atoms with van der Waals surface area (Å²) >= 11 is 0. The van der Waals surface area contributed by atoms with E-state index in [2.05, 4.69) is 0 Å². The zero-order chi connectivity index (χ0) is 0. The van der Waals surface area contributed by atoms with Gasteiger partial charge in [-0.1, -0.05) is 0 Å². The third-order valence-electron chi connectivity index (χ3n) is 0. The van der Waals surface area contributed by atoms with Crippen molar-refractivity contribution in [2.24, 2.45) is 0 Å². The molecular weight excluding hydrogens is 12000 g/mol. The van der Waals surface area contributed by atoms with Gasteiger partial charge in [0, 0.05) is 2310 Å². The minimum atomic E-state index is 0. The number of rotatable bonds is 0. The summed E-state index contributed by atoms with van der Waals surface area (Å²) in [4.78, 5) is 0. The van der Waals surface area contributed by atoms with Crippen molar-refractivity contribution in [1.82, 2.24) is 0 Å². The van der Waals surface area contributed by atoms with E-state index < -0.39 is 0 Å². The smallest absolute Gasteiger partial charge is 0 e. The predicted molar refractivity (Wildman–Crippen MR) is 0 cm³/mol. The van der Waals surface area contributed by atoms with E-state index in [-0.39, 0.29) is 2310 Å². The molecule has 0 fully saturated rings. The van der Waals surface area contributed by atoms with Gasteiger partial charge in [-0.05, 0) is 0 Å². The molecule has 0 aliphatic heterocycles. The summed E-state index contributed by atoms with van der Waals surface area (Å²) in [6, 6.07) is 0. The molecule has 0 aromatic heterocycles. The third-order valence-corrected chi connectivity index (χ3v) is 0. The van der Waals surface area contributed by atoms with E-state index in [0.717, 1.165) is 0 Å². The van der Waals surface area contributed by atoms with Crippen LogP contribution in [0.4, 0.5) is 0 Å². The zero-order valence-electron chi connectivity index (χ0n) is 35.7. The first-order valence-corrected chi connectivity index (χ1v) is 0. The van der Waals surface area contributed by atoms with Gasteiger partial charge in [-0.15, -0.1) is 0 Å². The van der Waals surface area contributed by atoms with Gasteiger partial charge in [0.2, 0.25) is 0 Å². The molecule has 0 aromatic rings. The molecule has 0 aliphatic carbocycles. The van der Waals surface area contributed by atoms with Gasteiger partial charge in [-0.25, -0.2) is 0 Å². The summed E-state index contributed by atoms with van der Waals surface area (Å²) in [5, 5.41) is 0. The van der Waals surface area contributed by atoms with Gasteiger partial charge < -0.3 is 0 Å². The molecule has 113 heteroatoms. The number of hydrogen-bond donors (Lipinski definition) is 0. The van der Waals surface area contributed by atoms with Crippen molar-refractivity contribution in [2.45, 2.75) is 0 Å². The fourth-order valence-electron chi connectivity index (χ4n) is 0. The minimum absolute atomic E-state index is 0. The first-order valence-electron chi connectivity index (χ1n) is 0. The van der Waals surface area contributed by atoms with Crippen LogP contribution < -0.4 is 0 Å². The molecule has 0 unspecified atom stereocenters. The summed E-state index contributed by atoms with van der Waals surface area (Å²) in [6.07, 6.45) is 0. The second-order valence-corrected chi connectivity index (χ2v) is 0. The van der Waals surface area contributed by atoms with Crippen LogP contribution in [0.5, 0.6) is 0 Å². The fourth-order valence-corrected chi connectivity index (χ4v) is 0. The van der Waals surface area contributed by atoms with Crippen molar-refractivity contribution >= 4 is 0 Å². The Morgan fingerprint density at radius 2 is 0.00885 bits per heavy atom. The summed E-state index contributed by atoms with van der Waals surface area (Å²) < 4.78 is 0. The van der Waals surface area contributed by atoms with Crippen LogP contribution in [0, 0.1) is 0 Å².